The molecule has 3 amide bonds. The van der Waals surface area contributed by atoms with Crippen molar-refractivity contribution < 1.29 is 14.4 Å². The molecule has 42 heavy (non-hydrogen) atoms. The van der Waals surface area contributed by atoms with Crippen LogP contribution >= 0.6 is 11.8 Å². The second-order valence-corrected chi connectivity index (χ2v) is 12.5. The molecule has 4 aromatic rings. The van der Waals surface area contributed by atoms with Gasteiger partial charge in [-0.1, -0.05) is 81.4 Å². The van der Waals surface area contributed by atoms with Crippen molar-refractivity contribution in [2.75, 3.05) is 22.9 Å². The average molecular weight is 578 g/mol. The van der Waals surface area contributed by atoms with E-state index in [1.54, 1.807) is 48.2 Å². The number of anilines is 2. The molecule has 1 unspecified atom stereocenters. The van der Waals surface area contributed by atoms with Crippen molar-refractivity contribution in [2.45, 2.75) is 38.0 Å². The lowest BCUT2D eigenvalue weighted by molar-refractivity contribution is -0.128. The number of hydrogen-bond acceptors (Lipinski definition) is 4. The van der Waals surface area contributed by atoms with Crippen LogP contribution in [0.4, 0.5) is 11.4 Å². The van der Waals surface area contributed by atoms with Gasteiger partial charge in [-0.3, -0.25) is 14.4 Å². The molecule has 0 radical (unpaired) electrons. The van der Waals surface area contributed by atoms with E-state index in [1.807, 2.05) is 59.5 Å². The van der Waals surface area contributed by atoms with Gasteiger partial charge < -0.3 is 15.5 Å². The zero-order valence-electron chi connectivity index (χ0n) is 24.1. The predicted molar refractivity (Wildman–Crippen MR) is 171 cm³/mol. The first-order chi connectivity index (χ1) is 20.2. The van der Waals surface area contributed by atoms with E-state index in [4.69, 9.17) is 0 Å². The molecule has 0 bridgehead atoms. The van der Waals surface area contributed by atoms with E-state index >= 15 is 0 Å². The van der Waals surface area contributed by atoms with Crippen molar-refractivity contribution in [3.63, 3.8) is 0 Å². The largest absolute Gasteiger partial charge is 0.326 e. The highest BCUT2D eigenvalue weighted by Crippen LogP contribution is 2.38. The van der Waals surface area contributed by atoms with Gasteiger partial charge in [-0.2, -0.15) is 0 Å². The maximum Gasteiger partial charge on any atom is 0.255 e. The first kappa shape index (κ1) is 29.1. The van der Waals surface area contributed by atoms with E-state index in [0.29, 0.717) is 34.8 Å². The molecule has 0 aliphatic carbocycles. The SMILES string of the molecule is CC(C)(C)c1ccc(C(=O)Nc2cccc(NC(=O)c3ccc(C4SCC(=O)N4CCc4ccccc4)cc3)c2)cc1. The number of rotatable bonds is 8. The molecule has 1 aliphatic heterocycles. The fraction of sp³-hybridized carbons (Fsp3) is 0.229. The Bertz CT molecular complexity index is 1560. The van der Waals surface area contributed by atoms with Crippen molar-refractivity contribution in [1.82, 2.24) is 4.90 Å². The van der Waals surface area contributed by atoms with E-state index in [0.717, 1.165) is 17.5 Å². The molecule has 1 fully saturated rings. The Morgan fingerprint density at radius 2 is 1.36 bits per heavy atom. The first-order valence-corrected chi connectivity index (χ1v) is 15.1. The maximum absolute atomic E-state index is 13.0. The van der Waals surface area contributed by atoms with Gasteiger partial charge in [0.25, 0.3) is 11.8 Å². The van der Waals surface area contributed by atoms with Crippen LogP contribution in [0.15, 0.2) is 103 Å². The normalized spacial score (nSPS) is 15.0. The molecule has 2 N–H and O–H groups in total. The third kappa shape index (κ3) is 7.09. The summed E-state index contributed by atoms with van der Waals surface area (Å²) in [6.07, 6.45) is 0.799. The van der Waals surface area contributed by atoms with Crippen LogP contribution in [-0.4, -0.2) is 34.9 Å². The Hall–Kier alpha value is -4.36. The molecular weight excluding hydrogens is 542 g/mol. The van der Waals surface area contributed by atoms with Crippen LogP contribution in [0.5, 0.6) is 0 Å². The lowest BCUT2D eigenvalue weighted by Crippen LogP contribution is -2.30. The number of benzene rings is 4. The maximum atomic E-state index is 13.0. The number of hydrogen-bond donors (Lipinski definition) is 2. The first-order valence-electron chi connectivity index (χ1n) is 14.1. The fourth-order valence-electron chi connectivity index (χ4n) is 4.87. The molecule has 214 valence electrons. The summed E-state index contributed by atoms with van der Waals surface area (Å²) in [7, 11) is 0. The molecule has 0 aromatic heterocycles. The van der Waals surface area contributed by atoms with E-state index in [-0.39, 0.29) is 28.5 Å². The fourth-order valence-corrected chi connectivity index (χ4v) is 6.09. The summed E-state index contributed by atoms with van der Waals surface area (Å²) in [6.45, 7) is 7.05. The van der Waals surface area contributed by atoms with Gasteiger partial charge in [-0.15, -0.1) is 11.8 Å². The van der Waals surface area contributed by atoms with Gasteiger partial charge in [0.05, 0.1) is 5.75 Å². The van der Waals surface area contributed by atoms with E-state index in [2.05, 4.69) is 43.5 Å². The number of carbonyl (C=O) groups is 3. The minimum absolute atomic E-state index is 0.0131. The number of amides is 3. The Morgan fingerprint density at radius 3 is 1.93 bits per heavy atom. The van der Waals surface area contributed by atoms with Crippen LogP contribution in [0, 0.1) is 0 Å². The molecule has 1 heterocycles. The Kier molecular flexibility index (Phi) is 8.78. The highest BCUT2D eigenvalue weighted by atomic mass is 32.2. The predicted octanol–water partition coefficient (Wildman–Crippen LogP) is 7.31. The zero-order valence-corrected chi connectivity index (χ0v) is 24.9. The van der Waals surface area contributed by atoms with Gasteiger partial charge in [0.15, 0.2) is 0 Å². The average Bonchev–Trinajstić information content (AvgIpc) is 3.36. The number of nitrogens with one attached hydrogen (secondary N) is 2. The lowest BCUT2D eigenvalue weighted by Gasteiger charge is -2.24. The van der Waals surface area contributed by atoms with Gasteiger partial charge in [0.2, 0.25) is 5.91 Å². The van der Waals surface area contributed by atoms with Crippen LogP contribution < -0.4 is 10.6 Å². The van der Waals surface area contributed by atoms with Crippen molar-refractivity contribution >= 4 is 40.9 Å². The summed E-state index contributed by atoms with van der Waals surface area (Å²) < 4.78 is 0. The van der Waals surface area contributed by atoms with Crippen LogP contribution in [-0.2, 0) is 16.6 Å². The summed E-state index contributed by atoms with van der Waals surface area (Å²) in [4.78, 5) is 40.3. The van der Waals surface area contributed by atoms with E-state index in [9.17, 15) is 14.4 Å². The summed E-state index contributed by atoms with van der Waals surface area (Å²) in [6, 6.07) is 32.3. The minimum Gasteiger partial charge on any atom is -0.326 e. The van der Waals surface area contributed by atoms with E-state index in [1.165, 1.54) is 5.56 Å². The van der Waals surface area contributed by atoms with Crippen LogP contribution in [0.2, 0.25) is 0 Å². The van der Waals surface area contributed by atoms with Crippen LogP contribution in [0.3, 0.4) is 0 Å². The highest BCUT2D eigenvalue weighted by molar-refractivity contribution is 8.00. The monoisotopic (exact) mass is 577 g/mol. The van der Waals surface area contributed by atoms with Gasteiger partial charge >= 0.3 is 0 Å². The Labute approximate surface area is 251 Å². The smallest absolute Gasteiger partial charge is 0.255 e. The summed E-state index contributed by atoms with van der Waals surface area (Å²) in [5, 5.41) is 5.76. The van der Waals surface area contributed by atoms with Crippen molar-refractivity contribution in [3.05, 3.63) is 131 Å². The molecule has 1 atom stereocenters. The third-order valence-electron chi connectivity index (χ3n) is 7.30. The number of carbonyl (C=O) groups excluding carboxylic acids is 3. The summed E-state index contributed by atoms with van der Waals surface area (Å²) in [5.74, 6) is 0.127. The van der Waals surface area contributed by atoms with Gasteiger partial charge in [0.1, 0.15) is 5.37 Å². The van der Waals surface area contributed by atoms with Gasteiger partial charge in [0, 0.05) is 29.0 Å². The van der Waals surface area contributed by atoms with Crippen LogP contribution in [0.25, 0.3) is 0 Å². The molecule has 4 aromatic carbocycles. The number of nitrogens with zero attached hydrogens (tertiary/aromatic N) is 1. The van der Waals surface area contributed by atoms with Gasteiger partial charge in [-0.05, 0) is 71.0 Å². The third-order valence-corrected chi connectivity index (χ3v) is 8.56. The van der Waals surface area contributed by atoms with Crippen LogP contribution in [0.1, 0.15) is 63.6 Å². The Balaban J connectivity index is 1.20. The second kappa shape index (κ2) is 12.7. The topological polar surface area (TPSA) is 78.5 Å². The molecule has 1 saturated heterocycles. The van der Waals surface area contributed by atoms with E-state index < -0.39 is 0 Å². The molecule has 0 saturated carbocycles. The van der Waals surface area contributed by atoms with Crippen molar-refractivity contribution in [2.24, 2.45) is 0 Å². The Morgan fingerprint density at radius 1 is 0.786 bits per heavy atom. The molecular formula is C35H35N3O3S. The second-order valence-electron chi connectivity index (χ2n) is 11.4. The van der Waals surface area contributed by atoms with Crippen molar-refractivity contribution in [3.8, 4) is 0 Å². The molecule has 7 heteroatoms. The molecule has 1 aliphatic rings. The minimum atomic E-state index is -0.251. The molecule has 6 nitrogen and oxygen atoms in total. The quantitative estimate of drug-likeness (QED) is 0.230. The molecule has 0 spiro atoms. The highest BCUT2D eigenvalue weighted by Gasteiger charge is 2.32. The van der Waals surface area contributed by atoms with Gasteiger partial charge in [-0.25, -0.2) is 0 Å². The molecule has 5 rings (SSSR count). The lowest BCUT2D eigenvalue weighted by atomic mass is 9.87. The summed E-state index contributed by atoms with van der Waals surface area (Å²) >= 11 is 1.61. The zero-order chi connectivity index (χ0) is 29.7. The number of thioether (sulfide) groups is 1. The standard InChI is InChI=1S/C35H35N3O3S/c1-35(2,3)28-18-16-26(17-19-28)33(41)37-30-11-7-10-29(22-30)36-32(40)25-12-14-27(15-13-25)34-38(31(39)23-42-34)21-20-24-8-5-4-6-9-24/h4-19,22,34H,20-21,23H2,1-3H3,(H,36,40)(H,37,41). The summed E-state index contributed by atoms with van der Waals surface area (Å²) in [5.41, 5.74) is 5.62. The van der Waals surface area contributed by atoms with Crippen molar-refractivity contribution in [1.29, 1.82) is 0 Å².